The van der Waals surface area contributed by atoms with Crippen molar-refractivity contribution in [3.63, 3.8) is 0 Å². The Bertz CT molecular complexity index is 557. The van der Waals surface area contributed by atoms with Crippen LogP contribution in [0.25, 0.3) is 10.9 Å². The highest BCUT2D eigenvalue weighted by molar-refractivity contribution is 5.91. The quantitative estimate of drug-likeness (QED) is 0.647. The molecule has 17 heavy (non-hydrogen) atoms. The van der Waals surface area contributed by atoms with Gasteiger partial charge in [-0.1, -0.05) is 0 Å². The first kappa shape index (κ1) is 11.4. The third kappa shape index (κ3) is 2.36. The molecule has 1 aromatic heterocycles. The predicted molar refractivity (Wildman–Crippen MR) is 64.0 cm³/mol. The fourth-order valence-electron chi connectivity index (χ4n) is 1.78. The summed E-state index contributed by atoms with van der Waals surface area (Å²) in [6.45, 7) is 2.15. The minimum absolute atomic E-state index is 0.218. The standard InChI is InChI=1S/C13H13NO3/c1-2-17-13(16)6-10-7-14-12-4-3-9(8-15)5-11(10)12/h3-5,7-8,14H,2,6H2,1H3. The number of rotatable bonds is 4. The van der Waals surface area contributed by atoms with Crippen LogP contribution < -0.4 is 0 Å². The number of ether oxygens (including phenoxy) is 1. The van der Waals surface area contributed by atoms with Gasteiger partial charge < -0.3 is 9.72 Å². The zero-order chi connectivity index (χ0) is 12.3. The molecule has 4 nitrogen and oxygen atoms in total. The second-order valence-electron chi connectivity index (χ2n) is 3.72. The van der Waals surface area contributed by atoms with Crippen LogP contribution in [0.5, 0.6) is 0 Å². The van der Waals surface area contributed by atoms with E-state index in [2.05, 4.69) is 4.98 Å². The van der Waals surface area contributed by atoms with Crippen molar-refractivity contribution in [2.24, 2.45) is 0 Å². The lowest BCUT2D eigenvalue weighted by Crippen LogP contribution is -2.06. The zero-order valence-corrected chi connectivity index (χ0v) is 9.53. The number of aldehydes is 1. The molecule has 0 amide bonds. The van der Waals surface area contributed by atoms with Gasteiger partial charge in [0.15, 0.2) is 0 Å². The highest BCUT2D eigenvalue weighted by Crippen LogP contribution is 2.20. The summed E-state index contributed by atoms with van der Waals surface area (Å²) in [7, 11) is 0. The predicted octanol–water partition coefficient (Wildman–Crippen LogP) is 2.09. The Morgan fingerprint density at radius 2 is 2.29 bits per heavy atom. The topological polar surface area (TPSA) is 59.2 Å². The van der Waals surface area contributed by atoms with Crippen LogP contribution in [0.2, 0.25) is 0 Å². The molecule has 0 saturated heterocycles. The highest BCUT2D eigenvalue weighted by atomic mass is 16.5. The van der Waals surface area contributed by atoms with E-state index in [9.17, 15) is 9.59 Å². The van der Waals surface area contributed by atoms with Crippen LogP contribution in [0.4, 0.5) is 0 Å². The molecule has 0 aliphatic heterocycles. The maximum atomic E-state index is 11.4. The van der Waals surface area contributed by atoms with E-state index in [-0.39, 0.29) is 12.4 Å². The number of nitrogens with one attached hydrogen (secondary N) is 1. The normalized spacial score (nSPS) is 10.4. The van der Waals surface area contributed by atoms with Crippen LogP contribution in [-0.2, 0) is 16.0 Å². The molecule has 88 valence electrons. The van der Waals surface area contributed by atoms with E-state index in [1.165, 1.54) is 0 Å². The van der Waals surface area contributed by atoms with Crippen LogP contribution >= 0.6 is 0 Å². The first-order valence-corrected chi connectivity index (χ1v) is 5.45. The highest BCUT2D eigenvalue weighted by Gasteiger charge is 2.09. The number of esters is 1. The van der Waals surface area contributed by atoms with Crippen molar-refractivity contribution in [1.29, 1.82) is 0 Å². The molecule has 0 unspecified atom stereocenters. The lowest BCUT2D eigenvalue weighted by Gasteiger charge is -2.00. The van der Waals surface area contributed by atoms with E-state index in [4.69, 9.17) is 4.74 Å². The fourth-order valence-corrected chi connectivity index (χ4v) is 1.78. The Kier molecular flexibility index (Phi) is 3.23. The van der Waals surface area contributed by atoms with Gasteiger partial charge in [0.2, 0.25) is 0 Å². The average Bonchev–Trinajstić information content (AvgIpc) is 2.72. The molecule has 0 bridgehead atoms. The smallest absolute Gasteiger partial charge is 0.310 e. The van der Waals surface area contributed by atoms with Gasteiger partial charge >= 0.3 is 5.97 Å². The van der Waals surface area contributed by atoms with Crippen LogP contribution in [-0.4, -0.2) is 23.8 Å². The third-order valence-electron chi connectivity index (χ3n) is 2.57. The van der Waals surface area contributed by atoms with Crippen LogP contribution in [0, 0.1) is 0 Å². The molecule has 1 heterocycles. The van der Waals surface area contributed by atoms with Crippen molar-refractivity contribution >= 4 is 23.2 Å². The van der Waals surface area contributed by atoms with E-state index in [0.717, 1.165) is 22.8 Å². The minimum atomic E-state index is -0.259. The number of H-pyrrole nitrogens is 1. The fraction of sp³-hybridized carbons (Fsp3) is 0.231. The van der Waals surface area contributed by atoms with Crippen molar-refractivity contribution < 1.29 is 14.3 Å². The zero-order valence-electron chi connectivity index (χ0n) is 9.53. The maximum absolute atomic E-state index is 11.4. The number of hydrogen-bond acceptors (Lipinski definition) is 3. The third-order valence-corrected chi connectivity index (χ3v) is 2.57. The number of aromatic nitrogens is 1. The molecule has 4 heteroatoms. The van der Waals surface area contributed by atoms with Gasteiger partial charge in [0, 0.05) is 22.7 Å². The number of fused-ring (bicyclic) bond motifs is 1. The van der Waals surface area contributed by atoms with E-state index in [0.29, 0.717) is 12.2 Å². The van der Waals surface area contributed by atoms with Gasteiger partial charge in [-0.3, -0.25) is 9.59 Å². The summed E-state index contributed by atoms with van der Waals surface area (Å²) >= 11 is 0. The molecule has 2 rings (SSSR count). The number of carbonyl (C=O) groups is 2. The summed E-state index contributed by atoms with van der Waals surface area (Å²) in [6.07, 6.45) is 2.78. The number of aromatic amines is 1. The van der Waals surface area contributed by atoms with Crippen molar-refractivity contribution in [3.8, 4) is 0 Å². The van der Waals surface area contributed by atoms with Crippen molar-refractivity contribution in [2.45, 2.75) is 13.3 Å². The van der Waals surface area contributed by atoms with Crippen molar-refractivity contribution in [1.82, 2.24) is 4.98 Å². The Morgan fingerprint density at radius 1 is 1.47 bits per heavy atom. The van der Waals surface area contributed by atoms with Crippen LogP contribution in [0.15, 0.2) is 24.4 Å². The SMILES string of the molecule is CCOC(=O)Cc1c[nH]c2ccc(C=O)cc12. The van der Waals surface area contributed by atoms with E-state index in [1.807, 2.05) is 6.07 Å². The molecule has 0 radical (unpaired) electrons. The Labute approximate surface area is 98.6 Å². The molecular formula is C13H13NO3. The van der Waals surface area contributed by atoms with E-state index >= 15 is 0 Å². The summed E-state index contributed by atoms with van der Waals surface area (Å²) < 4.78 is 4.90. The summed E-state index contributed by atoms with van der Waals surface area (Å²) in [5.41, 5.74) is 2.36. The molecule has 2 aromatic rings. The molecule has 0 spiro atoms. The van der Waals surface area contributed by atoms with Gasteiger partial charge in [-0.05, 0) is 30.7 Å². The molecular weight excluding hydrogens is 218 g/mol. The Morgan fingerprint density at radius 3 is 3.00 bits per heavy atom. The van der Waals surface area contributed by atoms with E-state index in [1.54, 1.807) is 25.3 Å². The number of hydrogen-bond donors (Lipinski definition) is 1. The summed E-state index contributed by atoms with van der Waals surface area (Å²) in [5.74, 6) is -0.259. The van der Waals surface area contributed by atoms with Gasteiger partial charge in [-0.2, -0.15) is 0 Å². The number of carbonyl (C=O) groups excluding carboxylic acids is 2. The van der Waals surface area contributed by atoms with Gasteiger partial charge in [0.05, 0.1) is 13.0 Å². The lowest BCUT2D eigenvalue weighted by atomic mass is 10.1. The Balaban J connectivity index is 2.34. The Hall–Kier alpha value is -2.10. The van der Waals surface area contributed by atoms with Crippen LogP contribution in [0.3, 0.4) is 0 Å². The first-order chi connectivity index (χ1) is 8.24. The minimum Gasteiger partial charge on any atom is -0.466 e. The summed E-state index contributed by atoms with van der Waals surface area (Å²) in [4.78, 5) is 25.2. The molecule has 0 fully saturated rings. The van der Waals surface area contributed by atoms with Crippen molar-refractivity contribution in [2.75, 3.05) is 6.61 Å². The summed E-state index contributed by atoms with van der Waals surface area (Å²) in [6, 6.07) is 5.33. The first-order valence-electron chi connectivity index (χ1n) is 5.45. The summed E-state index contributed by atoms with van der Waals surface area (Å²) in [5, 5.41) is 0.891. The molecule has 0 atom stereocenters. The van der Waals surface area contributed by atoms with Gasteiger partial charge in [-0.15, -0.1) is 0 Å². The van der Waals surface area contributed by atoms with Gasteiger partial charge in [0.1, 0.15) is 6.29 Å². The largest absolute Gasteiger partial charge is 0.466 e. The van der Waals surface area contributed by atoms with Crippen molar-refractivity contribution in [3.05, 3.63) is 35.5 Å². The van der Waals surface area contributed by atoms with E-state index < -0.39 is 0 Å². The maximum Gasteiger partial charge on any atom is 0.310 e. The second kappa shape index (κ2) is 4.82. The number of benzene rings is 1. The van der Waals surface area contributed by atoms with Crippen LogP contribution in [0.1, 0.15) is 22.8 Å². The molecule has 0 aliphatic rings. The lowest BCUT2D eigenvalue weighted by molar-refractivity contribution is -0.142. The molecule has 0 saturated carbocycles. The molecule has 0 aliphatic carbocycles. The molecule has 1 N–H and O–H groups in total. The second-order valence-corrected chi connectivity index (χ2v) is 3.72. The van der Waals surface area contributed by atoms with Gasteiger partial charge in [0.25, 0.3) is 0 Å². The monoisotopic (exact) mass is 231 g/mol. The van der Waals surface area contributed by atoms with Gasteiger partial charge in [-0.25, -0.2) is 0 Å². The molecule has 1 aromatic carbocycles. The average molecular weight is 231 g/mol.